The van der Waals surface area contributed by atoms with Crippen molar-refractivity contribution in [3.8, 4) is 11.5 Å². The summed E-state index contributed by atoms with van der Waals surface area (Å²) < 4.78 is 11.4. The summed E-state index contributed by atoms with van der Waals surface area (Å²) in [4.78, 5) is 31.9. The van der Waals surface area contributed by atoms with Gasteiger partial charge < -0.3 is 19.3 Å². The molecule has 36 heavy (non-hydrogen) atoms. The molecular formula is C28H31ClN2O4S. The summed E-state index contributed by atoms with van der Waals surface area (Å²) in [6.07, 6.45) is 1.52. The summed E-state index contributed by atoms with van der Waals surface area (Å²) in [5.74, 6) is 1.10. The van der Waals surface area contributed by atoms with E-state index in [9.17, 15) is 9.59 Å². The minimum absolute atomic E-state index is 0.00448. The van der Waals surface area contributed by atoms with E-state index in [1.165, 1.54) is 4.88 Å². The quantitative estimate of drug-likeness (QED) is 0.350. The van der Waals surface area contributed by atoms with Crippen molar-refractivity contribution in [3.05, 3.63) is 81.0 Å². The van der Waals surface area contributed by atoms with Gasteiger partial charge in [0.25, 0.3) is 5.91 Å². The first kappa shape index (κ1) is 26.0. The number of benzene rings is 2. The van der Waals surface area contributed by atoms with Crippen molar-refractivity contribution in [2.75, 3.05) is 26.8 Å². The molecule has 0 spiro atoms. The maximum atomic E-state index is 13.7. The second-order valence-corrected chi connectivity index (χ2v) is 10.3. The van der Waals surface area contributed by atoms with Gasteiger partial charge in [0, 0.05) is 34.1 Å². The molecule has 8 heteroatoms. The molecule has 2 heterocycles. The summed E-state index contributed by atoms with van der Waals surface area (Å²) in [5, 5.41) is 2.55. The zero-order valence-corrected chi connectivity index (χ0v) is 22.3. The highest BCUT2D eigenvalue weighted by molar-refractivity contribution is 7.10. The number of methoxy groups -OCH3 is 1. The molecule has 0 saturated heterocycles. The average molecular weight is 527 g/mol. The number of hydrogen-bond donors (Lipinski definition) is 0. The van der Waals surface area contributed by atoms with Crippen LogP contribution in [-0.4, -0.2) is 54.5 Å². The molecule has 6 nitrogen and oxygen atoms in total. The molecule has 1 aliphatic heterocycles. The van der Waals surface area contributed by atoms with Crippen LogP contribution in [0.1, 0.15) is 47.1 Å². The number of ether oxygens (including phenoxy) is 2. The van der Waals surface area contributed by atoms with E-state index >= 15 is 0 Å². The minimum Gasteiger partial charge on any atom is -0.497 e. The van der Waals surface area contributed by atoms with Gasteiger partial charge in [-0.05, 0) is 67.1 Å². The Hall–Kier alpha value is -3.03. The SMILES string of the molecule is CC[C@H](C)N(CC(=O)N1CCc2sccc2[C@H]1COc1cccc(OC)c1)C(=O)c1cccc(Cl)c1. The third-order valence-electron chi connectivity index (χ3n) is 6.63. The van der Waals surface area contributed by atoms with Crippen LogP contribution in [0.3, 0.4) is 0 Å². The van der Waals surface area contributed by atoms with E-state index in [0.717, 1.165) is 18.4 Å². The number of carbonyl (C=O) groups is 2. The molecule has 190 valence electrons. The lowest BCUT2D eigenvalue weighted by Crippen LogP contribution is -2.49. The van der Waals surface area contributed by atoms with E-state index in [0.29, 0.717) is 35.2 Å². The molecule has 1 aliphatic rings. The topological polar surface area (TPSA) is 59.1 Å². The van der Waals surface area contributed by atoms with Crippen LogP contribution in [0.5, 0.6) is 11.5 Å². The summed E-state index contributed by atoms with van der Waals surface area (Å²) in [6.45, 7) is 4.87. The molecule has 0 bridgehead atoms. The molecule has 0 fully saturated rings. The highest BCUT2D eigenvalue weighted by atomic mass is 35.5. The van der Waals surface area contributed by atoms with Crippen molar-refractivity contribution in [2.45, 2.75) is 38.8 Å². The summed E-state index contributed by atoms with van der Waals surface area (Å²) in [5.41, 5.74) is 1.59. The van der Waals surface area contributed by atoms with Gasteiger partial charge in [-0.25, -0.2) is 0 Å². The molecular weight excluding hydrogens is 496 g/mol. The van der Waals surface area contributed by atoms with Crippen LogP contribution < -0.4 is 9.47 Å². The van der Waals surface area contributed by atoms with Gasteiger partial charge in [0.2, 0.25) is 5.91 Å². The Kier molecular flexibility index (Phi) is 8.54. The van der Waals surface area contributed by atoms with Crippen LogP contribution >= 0.6 is 22.9 Å². The molecule has 0 unspecified atom stereocenters. The third-order valence-corrected chi connectivity index (χ3v) is 7.86. The molecule has 3 aromatic rings. The Morgan fingerprint density at radius 1 is 1.17 bits per heavy atom. The highest BCUT2D eigenvalue weighted by Crippen LogP contribution is 2.34. The Bertz CT molecular complexity index is 1210. The maximum Gasteiger partial charge on any atom is 0.254 e. The van der Waals surface area contributed by atoms with Crippen LogP contribution in [-0.2, 0) is 11.2 Å². The third kappa shape index (κ3) is 5.85. The van der Waals surface area contributed by atoms with Gasteiger partial charge in [0.05, 0.1) is 13.2 Å². The van der Waals surface area contributed by atoms with E-state index < -0.39 is 0 Å². The molecule has 0 saturated carbocycles. The fourth-order valence-electron chi connectivity index (χ4n) is 4.41. The Morgan fingerprint density at radius 3 is 2.69 bits per heavy atom. The van der Waals surface area contributed by atoms with E-state index in [-0.39, 0.29) is 30.4 Å². The van der Waals surface area contributed by atoms with Gasteiger partial charge in [-0.15, -0.1) is 11.3 Å². The first-order chi connectivity index (χ1) is 17.4. The normalized spacial score (nSPS) is 15.7. The van der Waals surface area contributed by atoms with Crippen molar-refractivity contribution in [2.24, 2.45) is 0 Å². The zero-order chi connectivity index (χ0) is 25.7. The van der Waals surface area contributed by atoms with Gasteiger partial charge in [-0.1, -0.05) is 30.7 Å². The van der Waals surface area contributed by atoms with Gasteiger partial charge in [-0.3, -0.25) is 9.59 Å². The monoisotopic (exact) mass is 526 g/mol. The summed E-state index contributed by atoms with van der Waals surface area (Å²) in [7, 11) is 1.62. The molecule has 4 rings (SSSR count). The molecule has 0 radical (unpaired) electrons. The summed E-state index contributed by atoms with van der Waals surface area (Å²) in [6, 6.07) is 16.0. The van der Waals surface area contributed by atoms with Crippen LogP contribution in [0.15, 0.2) is 60.0 Å². The largest absolute Gasteiger partial charge is 0.497 e. The number of halogens is 1. The molecule has 2 atom stereocenters. The van der Waals surface area contributed by atoms with Crippen LogP contribution in [0, 0.1) is 0 Å². The number of thiophene rings is 1. The van der Waals surface area contributed by atoms with Gasteiger partial charge in [0.15, 0.2) is 0 Å². The van der Waals surface area contributed by atoms with Crippen LogP contribution in [0.25, 0.3) is 0 Å². The lowest BCUT2D eigenvalue weighted by molar-refractivity contribution is -0.136. The van der Waals surface area contributed by atoms with Crippen LogP contribution in [0.2, 0.25) is 5.02 Å². The number of nitrogens with zero attached hydrogens (tertiary/aromatic N) is 2. The van der Waals surface area contributed by atoms with E-state index in [2.05, 4.69) is 11.4 Å². The van der Waals surface area contributed by atoms with Crippen LogP contribution in [0.4, 0.5) is 0 Å². The second kappa shape index (κ2) is 11.8. The number of amides is 2. The molecule has 2 amide bonds. The number of carbonyl (C=O) groups excluding carboxylic acids is 2. The Morgan fingerprint density at radius 2 is 1.94 bits per heavy atom. The first-order valence-corrected chi connectivity index (χ1v) is 13.4. The van der Waals surface area contributed by atoms with Gasteiger partial charge >= 0.3 is 0 Å². The summed E-state index contributed by atoms with van der Waals surface area (Å²) >= 11 is 7.83. The molecule has 0 aliphatic carbocycles. The maximum absolute atomic E-state index is 13.7. The Balaban J connectivity index is 1.55. The first-order valence-electron chi connectivity index (χ1n) is 12.1. The predicted molar refractivity (Wildman–Crippen MR) is 143 cm³/mol. The highest BCUT2D eigenvalue weighted by Gasteiger charge is 2.34. The molecule has 0 N–H and O–H groups in total. The smallest absolute Gasteiger partial charge is 0.254 e. The Labute approximate surface area is 221 Å². The number of hydrogen-bond acceptors (Lipinski definition) is 5. The second-order valence-electron chi connectivity index (χ2n) is 8.84. The fraction of sp³-hybridized carbons (Fsp3) is 0.357. The predicted octanol–water partition coefficient (Wildman–Crippen LogP) is 5.86. The number of rotatable bonds is 9. The minimum atomic E-state index is -0.237. The van der Waals surface area contributed by atoms with Crippen molar-refractivity contribution < 1.29 is 19.1 Å². The van der Waals surface area contributed by atoms with E-state index in [1.54, 1.807) is 47.6 Å². The molecule has 2 aromatic carbocycles. The van der Waals surface area contributed by atoms with Crippen molar-refractivity contribution >= 4 is 34.8 Å². The number of fused-ring (bicyclic) bond motifs is 1. The lowest BCUT2D eigenvalue weighted by atomic mass is 10.00. The molecule has 1 aromatic heterocycles. The standard InChI is InChI=1S/C28H31ClN2O4S/c1-4-19(2)31(28(33)20-7-5-8-21(29)15-20)17-27(32)30-13-11-26-24(12-14-36-26)25(30)18-35-23-10-6-9-22(16-23)34-3/h5-10,12,14-16,19,25H,4,11,13,17-18H2,1-3H3/t19-,25+/m0/s1. The van der Waals surface area contributed by atoms with Crippen molar-refractivity contribution in [1.82, 2.24) is 9.80 Å². The lowest BCUT2D eigenvalue weighted by Gasteiger charge is -2.38. The fourth-order valence-corrected chi connectivity index (χ4v) is 5.53. The van der Waals surface area contributed by atoms with Gasteiger partial charge in [-0.2, -0.15) is 0 Å². The van der Waals surface area contributed by atoms with Crippen molar-refractivity contribution in [3.63, 3.8) is 0 Å². The average Bonchev–Trinajstić information content (AvgIpc) is 3.38. The van der Waals surface area contributed by atoms with E-state index in [1.807, 2.05) is 43.0 Å². The van der Waals surface area contributed by atoms with Crippen molar-refractivity contribution in [1.29, 1.82) is 0 Å². The van der Waals surface area contributed by atoms with Gasteiger partial charge in [0.1, 0.15) is 24.7 Å². The zero-order valence-electron chi connectivity index (χ0n) is 20.8. The van der Waals surface area contributed by atoms with E-state index in [4.69, 9.17) is 21.1 Å².